The monoisotopic (exact) mass is 194 g/mol. The van der Waals surface area contributed by atoms with Gasteiger partial charge in [0.2, 0.25) is 0 Å². The van der Waals surface area contributed by atoms with Crippen LogP contribution >= 0.6 is 0 Å². The van der Waals surface area contributed by atoms with Gasteiger partial charge in [-0.05, 0) is 36.2 Å². The van der Waals surface area contributed by atoms with Gasteiger partial charge in [-0.25, -0.2) is 4.39 Å². The van der Waals surface area contributed by atoms with Crippen molar-refractivity contribution in [3.05, 3.63) is 29.6 Å². The Hall–Kier alpha value is -1.09. The zero-order chi connectivity index (χ0) is 10.1. The fourth-order valence-electron chi connectivity index (χ4n) is 2.00. The number of nitrogens with two attached hydrogens (primary N) is 1. The quantitative estimate of drug-likeness (QED) is 0.755. The lowest BCUT2D eigenvalue weighted by molar-refractivity contribution is 0.495. The summed E-state index contributed by atoms with van der Waals surface area (Å²) in [5, 5.41) is 3.27. The van der Waals surface area contributed by atoms with E-state index in [-0.39, 0.29) is 5.82 Å². The maximum Gasteiger partial charge on any atom is 0.123 e. The van der Waals surface area contributed by atoms with Crippen molar-refractivity contribution in [1.82, 2.24) is 0 Å². The minimum atomic E-state index is -0.165. The van der Waals surface area contributed by atoms with Crippen LogP contribution in [0.15, 0.2) is 18.2 Å². The lowest BCUT2D eigenvalue weighted by Gasteiger charge is -2.16. The normalized spacial score (nSPS) is 21.5. The summed E-state index contributed by atoms with van der Waals surface area (Å²) in [6.45, 7) is 3.62. The van der Waals surface area contributed by atoms with Gasteiger partial charge >= 0.3 is 0 Å². The fourth-order valence-corrected chi connectivity index (χ4v) is 2.00. The molecular weight excluding hydrogens is 179 g/mol. The smallest absolute Gasteiger partial charge is 0.123 e. The van der Waals surface area contributed by atoms with E-state index in [0.29, 0.717) is 18.4 Å². The molecule has 3 heteroatoms. The molecule has 0 saturated carbocycles. The Labute approximate surface area is 83.3 Å². The van der Waals surface area contributed by atoms with Crippen LogP contribution in [0.1, 0.15) is 18.4 Å². The average molecular weight is 194 g/mol. The molecule has 3 N–H and O–H groups in total. The SMILES string of the molecule is C[C@H](CN)C1CNc2ccc(F)cc21. The van der Waals surface area contributed by atoms with Crippen LogP contribution in [0.5, 0.6) is 0 Å². The van der Waals surface area contributed by atoms with Crippen molar-refractivity contribution in [3.8, 4) is 0 Å². The van der Waals surface area contributed by atoms with Gasteiger partial charge in [-0.15, -0.1) is 0 Å². The van der Waals surface area contributed by atoms with Crippen LogP contribution in [0, 0.1) is 11.7 Å². The van der Waals surface area contributed by atoms with Crippen LogP contribution in [0.3, 0.4) is 0 Å². The van der Waals surface area contributed by atoms with Crippen molar-refractivity contribution in [2.24, 2.45) is 11.7 Å². The van der Waals surface area contributed by atoms with E-state index in [1.807, 2.05) is 0 Å². The Morgan fingerprint density at radius 3 is 3.14 bits per heavy atom. The molecule has 0 amide bonds. The van der Waals surface area contributed by atoms with E-state index in [1.165, 1.54) is 6.07 Å². The fraction of sp³-hybridized carbons (Fsp3) is 0.455. The third-order valence-electron chi connectivity index (χ3n) is 2.98. The largest absolute Gasteiger partial charge is 0.384 e. The van der Waals surface area contributed by atoms with Gasteiger partial charge in [0.25, 0.3) is 0 Å². The number of hydrogen-bond donors (Lipinski definition) is 2. The number of rotatable bonds is 2. The number of benzene rings is 1. The second-order valence-corrected chi connectivity index (χ2v) is 3.93. The van der Waals surface area contributed by atoms with Gasteiger partial charge in [0, 0.05) is 18.2 Å². The highest BCUT2D eigenvalue weighted by Gasteiger charge is 2.26. The number of halogens is 1. The van der Waals surface area contributed by atoms with Crippen LogP contribution in [-0.2, 0) is 0 Å². The summed E-state index contributed by atoms with van der Waals surface area (Å²) < 4.78 is 13.0. The highest BCUT2D eigenvalue weighted by molar-refractivity contribution is 5.58. The Balaban J connectivity index is 2.33. The van der Waals surface area contributed by atoms with Gasteiger partial charge in [0.15, 0.2) is 0 Å². The summed E-state index contributed by atoms with van der Waals surface area (Å²) in [7, 11) is 0. The van der Waals surface area contributed by atoms with Crippen LogP contribution in [-0.4, -0.2) is 13.1 Å². The molecule has 0 bridgehead atoms. The maximum atomic E-state index is 13.0. The molecule has 1 heterocycles. The van der Waals surface area contributed by atoms with Gasteiger partial charge in [-0.3, -0.25) is 0 Å². The number of anilines is 1. The summed E-state index contributed by atoms with van der Waals surface area (Å²) in [5.41, 5.74) is 7.75. The Morgan fingerprint density at radius 1 is 1.64 bits per heavy atom. The van der Waals surface area contributed by atoms with Crippen molar-refractivity contribution in [3.63, 3.8) is 0 Å². The zero-order valence-corrected chi connectivity index (χ0v) is 8.26. The van der Waals surface area contributed by atoms with Crippen LogP contribution < -0.4 is 11.1 Å². The molecule has 0 saturated heterocycles. The molecule has 0 aromatic heterocycles. The molecule has 2 rings (SSSR count). The molecule has 0 aliphatic carbocycles. The van der Waals surface area contributed by atoms with Gasteiger partial charge in [-0.1, -0.05) is 6.92 Å². The molecule has 0 radical (unpaired) electrons. The van der Waals surface area contributed by atoms with Crippen LogP contribution in [0.25, 0.3) is 0 Å². The molecular formula is C11H15FN2. The van der Waals surface area contributed by atoms with E-state index < -0.39 is 0 Å². The Morgan fingerprint density at radius 2 is 2.43 bits per heavy atom. The van der Waals surface area contributed by atoms with Crippen LogP contribution in [0.4, 0.5) is 10.1 Å². The van der Waals surface area contributed by atoms with E-state index >= 15 is 0 Å². The summed E-state index contributed by atoms with van der Waals surface area (Å²) in [5.74, 6) is 0.581. The Bertz CT molecular complexity index is 338. The predicted octanol–water partition coefficient (Wildman–Crippen LogP) is 1.93. The summed E-state index contributed by atoms with van der Waals surface area (Å²) in [6, 6.07) is 4.90. The standard InChI is InChI=1S/C11H15FN2/c1-7(5-13)10-6-14-11-3-2-8(12)4-9(10)11/h2-4,7,10,14H,5-6,13H2,1H3/t7-,10?/m1/s1. The molecule has 1 unspecified atom stereocenters. The highest BCUT2D eigenvalue weighted by atomic mass is 19.1. The Kier molecular flexibility index (Phi) is 2.42. The molecule has 1 aliphatic heterocycles. The third-order valence-corrected chi connectivity index (χ3v) is 2.98. The first kappa shape index (κ1) is 9.46. The first-order chi connectivity index (χ1) is 6.72. The molecule has 0 spiro atoms. The minimum absolute atomic E-state index is 0.165. The van der Waals surface area contributed by atoms with Gasteiger partial charge < -0.3 is 11.1 Å². The van der Waals surface area contributed by atoms with E-state index in [1.54, 1.807) is 12.1 Å². The number of hydrogen-bond acceptors (Lipinski definition) is 2. The molecule has 76 valence electrons. The molecule has 1 aromatic carbocycles. The highest BCUT2D eigenvalue weighted by Crippen LogP contribution is 2.36. The second-order valence-electron chi connectivity index (χ2n) is 3.93. The van der Waals surface area contributed by atoms with Gasteiger partial charge in [-0.2, -0.15) is 0 Å². The molecule has 0 fully saturated rings. The maximum absolute atomic E-state index is 13.0. The van der Waals surface area contributed by atoms with Crippen LogP contribution in [0.2, 0.25) is 0 Å². The average Bonchev–Trinajstić information content (AvgIpc) is 2.59. The van der Waals surface area contributed by atoms with E-state index in [2.05, 4.69) is 12.2 Å². The molecule has 1 aromatic rings. The summed E-state index contributed by atoms with van der Waals surface area (Å²) in [6.07, 6.45) is 0. The number of fused-ring (bicyclic) bond motifs is 1. The van der Waals surface area contributed by atoms with Crippen molar-refractivity contribution < 1.29 is 4.39 Å². The first-order valence-corrected chi connectivity index (χ1v) is 4.95. The minimum Gasteiger partial charge on any atom is -0.384 e. The summed E-state index contributed by atoms with van der Waals surface area (Å²) >= 11 is 0. The van der Waals surface area contributed by atoms with Gasteiger partial charge in [0.05, 0.1) is 0 Å². The van der Waals surface area contributed by atoms with Crippen molar-refractivity contribution >= 4 is 5.69 Å². The molecule has 2 atom stereocenters. The second kappa shape index (κ2) is 3.58. The lowest BCUT2D eigenvalue weighted by Crippen LogP contribution is -2.20. The zero-order valence-electron chi connectivity index (χ0n) is 8.26. The topological polar surface area (TPSA) is 38.0 Å². The molecule has 14 heavy (non-hydrogen) atoms. The molecule has 1 aliphatic rings. The molecule has 2 nitrogen and oxygen atoms in total. The first-order valence-electron chi connectivity index (χ1n) is 4.95. The van der Waals surface area contributed by atoms with E-state index in [4.69, 9.17) is 5.73 Å². The third kappa shape index (κ3) is 1.48. The van der Waals surface area contributed by atoms with Crippen molar-refractivity contribution in [2.75, 3.05) is 18.4 Å². The lowest BCUT2D eigenvalue weighted by atomic mass is 9.89. The van der Waals surface area contributed by atoms with E-state index in [9.17, 15) is 4.39 Å². The van der Waals surface area contributed by atoms with Crippen molar-refractivity contribution in [2.45, 2.75) is 12.8 Å². The summed E-state index contributed by atoms with van der Waals surface area (Å²) in [4.78, 5) is 0. The predicted molar refractivity (Wildman–Crippen MR) is 55.8 cm³/mol. The number of nitrogens with one attached hydrogen (secondary N) is 1. The van der Waals surface area contributed by atoms with Crippen molar-refractivity contribution in [1.29, 1.82) is 0 Å². The van der Waals surface area contributed by atoms with E-state index in [0.717, 1.165) is 17.8 Å². The van der Waals surface area contributed by atoms with Gasteiger partial charge in [0.1, 0.15) is 5.82 Å².